The van der Waals surface area contributed by atoms with Gasteiger partial charge >= 0.3 is 0 Å². The van der Waals surface area contributed by atoms with Crippen molar-refractivity contribution in [3.05, 3.63) is 29.8 Å². The molecule has 2 fully saturated rings. The first-order valence-corrected chi connectivity index (χ1v) is 11.2. The van der Waals surface area contributed by atoms with Gasteiger partial charge in [-0.1, -0.05) is 19.1 Å². The molecule has 2 atom stereocenters. The first-order chi connectivity index (χ1) is 12.9. The Balaban J connectivity index is 1.55. The summed E-state index contributed by atoms with van der Waals surface area (Å²) in [5.74, 6) is 1.20. The van der Waals surface area contributed by atoms with E-state index in [9.17, 15) is 8.42 Å². The zero-order valence-electron chi connectivity index (χ0n) is 15.9. The van der Waals surface area contributed by atoms with Crippen molar-refractivity contribution >= 4 is 16.0 Å². The quantitative estimate of drug-likeness (QED) is 0.565. The number of guanidine groups is 1. The minimum atomic E-state index is -3.52. The van der Waals surface area contributed by atoms with Crippen LogP contribution in [0.1, 0.15) is 38.2 Å². The summed E-state index contributed by atoms with van der Waals surface area (Å²) in [4.78, 5) is 6.85. The molecular weight excluding hydrogens is 364 g/mol. The van der Waals surface area contributed by atoms with Gasteiger partial charge in [0.15, 0.2) is 5.96 Å². The van der Waals surface area contributed by atoms with Crippen molar-refractivity contribution in [1.82, 2.24) is 9.62 Å². The lowest BCUT2D eigenvalue weighted by atomic mass is 10.0. The number of nitrogens with two attached hydrogens (primary N) is 1. The third-order valence-corrected chi connectivity index (χ3v) is 6.60. The fraction of sp³-hybridized carbons (Fsp3) is 0.632. The summed E-state index contributed by atoms with van der Waals surface area (Å²) in [6, 6.07) is 6.80. The van der Waals surface area contributed by atoms with Crippen LogP contribution in [0.3, 0.4) is 0 Å². The summed E-state index contributed by atoms with van der Waals surface area (Å²) in [6.45, 7) is 5.60. The molecule has 0 aliphatic carbocycles. The smallest absolute Gasteiger partial charge is 0.240 e. The normalized spacial score (nSPS) is 24.3. The Bertz CT molecular complexity index is 743. The number of ether oxygens (including phenoxy) is 1. The number of rotatable bonds is 6. The lowest BCUT2D eigenvalue weighted by Gasteiger charge is -2.31. The van der Waals surface area contributed by atoms with E-state index < -0.39 is 10.0 Å². The molecule has 0 bridgehead atoms. The monoisotopic (exact) mass is 394 g/mol. The summed E-state index contributed by atoms with van der Waals surface area (Å²) >= 11 is 0. The maximum absolute atomic E-state index is 12.4. The number of nitrogens with zero attached hydrogens (tertiary/aromatic N) is 2. The van der Waals surface area contributed by atoms with Crippen LogP contribution in [-0.2, 0) is 21.3 Å². The van der Waals surface area contributed by atoms with Crippen LogP contribution in [0.25, 0.3) is 0 Å². The lowest BCUT2D eigenvalue weighted by molar-refractivity contribution is 0.114. The Morgan fingerprint density at radius 3 is 2.74 bits per heavy atom. The molecule has 0 radical (unpaired) electrons. The summed E-state index contributed by atoms with van der Waals surface area (Å²) in [7, 11) is -3.52. The summed E-state index contributed by atoms with van der Waals surface area (Å²) in [5, 5.41) is 0. The number of benzene rings is 1. The van der Waals surface area contributed by atoms with Crippen molar-refractivity contribution in [2.24, 2.45) is 16.6 Å². The van der Waals surface area contributed by atoms with Crippen molar-refractivity contribution in [1.29, 1.82) is 0 Å². The van der Waals surface area contributed by atoms with E-state index >= 15 is 0 Å². The van der Waals surface area contributed by atoms with Crippen molar-refractivity contribution < 1.29 is 13.2 Å². The maximum Gasteiger partial charge on any atom is 0.240 e. The molecule has 0 amide bonds. The molecule has 2 heterocycles. The van der Waals surface area contributed by atoms with Gasteiger partial charge in [-0.3, -0.25) is 0 Å². The molecule has 0 spiro atoms. The molecule has 27 heavy (non-hydrogen) atoms. The van der Waals surface area contributed by atoms with Gasteiger partial charge in [0, 0.05) is 26.2 Å². The molecule has 0 aromatic heterocycles. The Kier molecular flexibility index (Phi) is 6.73. The molecule has 150 valence electrons. The third kappa shape index (κ3) is 5.67. The van der Waals surface area contributed by atoms with Crippen LogP contribution in [-0.4, -0.2) is 51.6 Å². The van der Waals surface area contributed by atoms with Crippen molar-refractivity contribution in [3.63, 3.8) is 0 Å². The van der Waals surface area contributed by atoms with E-state index in [1.807, 2.05) is 0 Å². The zero-order valence-corrected chi connectivity index (χ0v) is 16.7. The second-order valence-corrected chi connectivity index (χ2v) is 9.27. The van der Waals surface area contributed by atoms with Gasteiger partial charge in [-0.2, -0.15) is 0 Å². The largest absolute Gasteiger partial charge is 0.377 e. The SMILES string of the molecule is CC1CCCN(C(N)=NCc2ccc(S(=O)(=O)NCC3CCCO3)cc2)C1. The number of hydrogen-bond donors (Lipinski definition) is 2. The second-order valence-electron chi connectivity index (χ2n) is 7.50. The molecular formula is C19H30N4O3S. The Hall–Kier alpha value is -1.64. The van der Waals surface area contributed by atoms with Gasteiger partial charge in [0.1, 0.15) is 0 Å². The lowest BCUT2D eigenvalue weighted by Crippen LogP contribution is -2.43. The molecule has 1 aromatic rings. The van der Waals surface area contributed by atoms with Crippen molar-refractivity contribution in [2.75, 3.05) is 26.2 Å². The van der Waals surface area contributed by atoms with Gasteiger partial charge in [-0.25, -0.2) is 18.1 Å². The molecule has 2 aliphatic rings. The number of piperidine rings is 1. The number of aliphatic imine (C=N–C) groups is 1. The van der Waals surface area contributed by atoms with E-state index in [2.05, 4.69) is 21.5 Å². The molecule has 1 aromatic carbocycles. The molecule has 0 saturated carbocycles. The summed E-state index contributed by atoms with van der Waals surface area (Å²) in [6.07, 6.45) is 4.25. The molecule has 8 heteroatoms. The molecule has 7 nitrogen and oxygen atoms in total. The van der Waals surface area contributed by atoms with Crippen molar-refractivity contribution in [3.8, 4) is 0 Å². The Labute approximate surface area is 162 Å². The van der Waals surface area contributed by atoms with E-state index in [4.69, 9.17) is 10.5 Å². The van der Waals surface area contributed by atoms with Crippen LogP contribution >= 0.6 is 0 Å². The number of sulfonamides is 1. The highest BCUT2D eigenvalue weighted by Gasteiger charge is 2.20. The fourth-order valence-corrected chi connectivity index (χ4v) is 4.60. The van der Waals surface area contributed by atoms with Crippen LogP contribution in [0.15, 0.2) is 34.2 Å². The average Bonchev–Trinajstić information content (AvgIpc) is 3.19. The maximum atomic E-state index is 12.4. The highest BCUT2D eigenvalue weighted by atomic mass is 32.2. The predicted octanol–water partition coefficient (Wildman–Crippen LogP) is 1.69. The minimum Gasteiger partial charge on any atom is -0.377 e. The molecule has 2 unspecified atom stereocenters. The number of hydrogen-bond acceptors (Lipinski definition) is 4. The number of likely N-dealkylation sites (tertiary alicyclic amines) is 1. The standard InChI is InChI=1S/C19H30N4O3S/c1-15-4-2-10-23(14-15)19(20)21-12-16-6-8-18(9-7-16)27(24,25)22-13-17-5-3-11-26-17/h6-9,15,17,22H,2-5,10-14H2,1H3,(H2,20,21). The molecule has 3 rings (SSSR count). The van der Waals surface area contributed by atoms with E-state index in [1.54, 1.807) is 24.3 Å². The summed E-state index contributed by atoms with van der Waals surface area (Å²) < 4.78 is 32.8. The van der Waals surface area contributed by atoms with Gasteiger partial charge in [-0.05, 0) is 49.3 Å². The van der Waals surface area contributed by atoms with Crippen LogP contribution < -0.4 is 10.5 Å². The van der Waals surface area contributed by atoms with Gasteiger partial charge in [0.25, 0.3) is 0 Å². The van der Waals surface area contributed by atoms with Gasteiger partial charge < -0.3 is 15.4 Å². The van der Waals surface area contributed by atoms with Gasteiger partial charge in [0.05, 0.1) is 17.5 Å². The van der Waals surface area contributed by atoms with Crippen LogP contribution in [0, 0.1) is 5.92 Å². The van der Waals surface area contributed by atoms with E-state index in [0.29, 0.717) is 31.6 Å². The van der Waals surface area contributed by atoms with Crippen LogP contribution in [0.2, 0.25) is 0 Å². The van der Waals surface area contributed by atoms with Crippen molar-refractivity contribution in [2.45, 2.75) is 50.2 Å². The Morgan fingerprint density at radius 1 is 1.30 bits per heavy atom. The van der Waals surface area contributed by atoms with E-state index in [-0.39, 0.29) is 11.0 Å². The highest BCUT2D eigenvalue weighted by molar-refractivity contribution is 7.89. The minimum absolute atomic E-state index is 0.0196. The summed E-state index contributed by atoms with van der Waals surface area (Å²) in [5.41, 5.74) is 7.05. The first-order valence-electron chi connectivity index (χ1n) is 9.69. The fourth-order valence-electron chi connectivity index (χ4n) is 3.54. The molecule has 2 saturated heterocycles. The molecule has 2 aliphatic heterocycles. The van der Waals surface area contributed by atoms with E-state index in [1.165, 1.54) is 6.42 Å². The topological polar surface area (TPSA) is 97.0 Å². The molecule has 3 N–H and O–H groups in total. The predicted molar refractivity (Wildman–Crippen MR) is 106 cm³/mol. The van der Waals surface area contributed by atoms with Crippen LogP contribution in [0.5, 0.6) is 0 Å². The third-order valence-electron chi connectivity index (χ3n) is 5.16. The van der Waals surface area contributed by atoms with Gasteiger partial charge in [-0.15, -0.1) is 0 Å². The first kappa shape index (κ1) is 20.1. The van der Waals surface area contributed by atoms with E-state index in [0.717, 1.165) is 37.9 Å². The second kappa shape index (κ2) is 9.03. The average molecular weight is 395 g/mol. The van der Waals surface area contributed by atoms with Gasteiger partial charge in [0.2, 0.25) is 10.0 Å². The Morgan fingerprint density at radius 2 is 2.07 bits per heavy atom. The highest BCUT2D eigenvalue weighted by Crippen LogP contribution is 2.16. The zero-order chi connectivity index (χ0) is 19.3. The van der Waals surface area contributed by atoms with Crippen LogP contribution in [0.4, 0.5) is 0 Å². The number of nitrogens with one attached hydrogen (secondary N) is 1.